The van der Waals surface area contributed by atoms with Crippen molar-refractivity contribution in [1.82, 2.24) is 55.9 Å². The van der Waals surface area contributed by atoms with Crippen LogP contribution in [0.5, 0.6) is 0 Å². The number of tetrazole rings is 2. The van der Waals surface area contributed by atoms with Crippen molar-refractivity contribution in [3.63, 3.8) is 0 Å². The Morgan fingerprint density at radius 1 is 1.35 bits per heavy atom. The van der Waals surface area contributed by atoms with Crippen LogP contribution in [0.15, 0.2) is 36.8 Å². The number of H-pyrrole nitrogens is 2. The van der Waals surface area contributed by atoms with Crippen LogP contribution in [-0.4, -0.2) is 68.9 Å². The van der Waals surface area contributed by atoms with Crippen LogP contribution in [0.4, 0.5) is 0 Å². The minimum absolute atomic E-state index is 0.214. The molecule has 0 radical (unpaired) electrons. The molecule has 0 atom stereocenters. The molecule has 0 spiro atoms. The van der Waals surface area contributed by atoms with E-state index in [0.717, 1.165) is 11.1 Å². The first kappa shape index (κ1) is 15.6. The highest BCUT2D eigenvalue weighted by atomic mass is 16.2. The van der Waals surface area contributed by atoms with Gasteiger partial charge in [-0.25, -0.2) is 0 Å². The van der Waals surface area contributed by atoms with Crippen molar-refractivity contribution in [3.8, 4) is 17.2 Å². The first-order valence-electron chi connectivity index (χ1n) is 7.57. The van der Waals surface area contributed by atoms with Crippen LogP contribution >= 0.6 is 0 Å². The van der Waals surface area contributed by atoms with E-state index in [-0.39, 0.29) is 5.91 Å². The fourth-order valence-electron chi connectivity index (χ4n) is 2.52. The molecule has 3 aromatic heterocycles. The van der Waals surface area contributed by atoms with Gasteiger partial charge in [0.1, 0.15) is 11.9 Å². The van der Waals surface area contributed by atoms with Crippen LogP contribution in [0.3, 0.4) is 0 Å². The minimum Gasteiger partial charge on any atom is -0.337 e. The summed E-state index contributed by atoms with van der Waals surface area (Å²) in [7, 11) is 1.71. The summed E-state index contributed by atoms with van der Waals surface area (Å²) in [5.41, 5.74) is 2.11. The second-order valence-corrected chi connectivity index (χ2v) is 5.48. The summed E-state index contributed by atoms with van der Waals surface area (Å²) in [6, 6.07) is 7.59. The van der Waals surface area contributed by atoms with Crippen LogP contribution in [0, 0.1) is 0 Å². The van der Waals surface area contributed by atoms with Gasteiger partial charge in [-0.2, -0.15) is 15.0 Å². The molecule has 0 bridgehead atoms. The summed E-state index contributed by atoms with van der Waals surface area (Å²) < 4.78 is 1.35. The Kier molecular flexibility index (Phi) is 3.89. The third-order valence-electron chi connectivity index (χ3n) is 3.72. The summed E-state index contributed by atoms with van der Waals surface area (Å²) in [5, 5.41) is 31.5. The molecule has 2 N–H and O–H groups in total. The molecule has 0 unspecified atom stereocenters. The van der Waals surface area contributed by atoms with E-state index in [9.17, 15) is 4.79 Å². The lowest BCUT2D eigenvalue weighted by Crippen LogP contribution is -2.27. The van der Waals surface area contributed by atoms with Gasteiger partial charge in [-0.05, 0) is 27.3 Å². The SMILES string of the molecule is CN(Cc1cccc(-c2nn[nH]n2)c1)C(=O)c1cn[nH]c1-n1cnnn1. The van der Waals surface area contributed by atoms with Crippen molar-refractivity contribution in [2.24, 2.45) is 0 Å². The predicted octanol–water partition coefficient (Wildman–Crippen LogP) is -0.162. The lowest BCUT2D eigenvalue weighted by molar-refractivity contribution is 0.0785. The Labute approximate surface area is 146 Å². The Hall–Kier alpha value is -3.96. The summed E-state index contributed by atoms with van der Waals surface area (Å²) in [6.45, 7) is 0.394. The number of carbonyl (C=O) groups excluding carboxylic acids is 1. The van der Waals surface area contributed by atoms with E-state index in [4.69, 9.17) is 0 Å². The van der Waals surface area contributed by atoms with E-state index in [1.165, 1.54) is 17.2 Å². The number of amides is 1. The second-order valence-electron chi connectivity index (χ2n) is 5.48. The molecular formula is C14H13N11O. The smallest absolute Gasteiger partial charge is 0.259 e. The molecule has 4 rings (SSSR count). The van der Waals surface area contributed by atoms with Gasteiger partial charge in [0.05, 0.1) is 6.20 Å². The van der Waals surface area contributed by atoms with Crippen LogP contribution < -0.4 is 0 Å². The maximum Gasteiger partial charge on any atom is 0.259 e. The lowest BCUT2D eigenvalue weighted by Gasteiger charge is -2.17. The molecule has 3 heterocycles. The zero-order valence-corrected chi connectivity index (χ0v) is 13.6. The van der Waals surface area contributed by atoms with E-state index in [1.54, 1.807) is 11.9 Å². The average Bonchev–Trinajstić information content (AvgIpc) is 3.43. The van der Waals surface area contributed by atoms with E-state index in [0.29, 0.717) is 23.8 Å². The van der Waals surface area contributed by atoms with Gasteiger partial charge in [-0.3, -0.25) is 9.89 Å². The minimum atomic E-state index is -0.214. The lowest BCUT2D eigenvalue weighted by atomic mass is 10.1. The van der Waals surface area contributed by atoms with Gasteiger partial charge in [-0.15, -0.1) is 15.3 Å². The predicted molar refractivity (Wildman–Crippen MR) is 86.7 cm³/mol. The van der Waals surface area contributed by atoms with Crippen LogP contribution in [-0.2, 0) is 6.54 Å². The van der Waals surface area contributed by atoms with Crippen molar-refractivity contribution < 1.29 is 4.79 Å². The van der Waals surface area contributed by atoms with Gasteiger partial charge in [0, 0.05) is 19.2 Å². The number of nitrogens with one attached hydrogen (secondary N) is 2. The molecule has 12 nitrogen and oxygen atoms in total. The van der Waals surface area contributed by atoms with Gasteiger partial charge in [0.15, 0.2) is 5.82 Å². The maximum absolute atomic E-state index is 12.8. The van der Waals surface area contributed by atoms with Gasteiger partial charge in [0.25, 0.3) is 5.91 Å². The van der Waals surface area contributed by atoms with E-state index in [1.807, 2.05) is 24.3 Å². The van der Waals surface area contributed by atoms with E-state index >= 15 is 0 Å². The number of aromatic amines is 2. The van der Waals surface area contributed by atoms with Crippen molar-refractivity contribution in [2.45, 2.75) is 6.54 Å². The molecule has 0 aliphatic heterocycles. The highest BCUT2D eigenvalue weighted by Crippen LogP contribution is 2.17. The zero-order valence-electron chi connectivity index (χ0n) is 13.6. The Morgan fingerprint density at radius 3 is 3.04 bits per heavy atom. The van der Waals surface area contributed by atoms with Gasteiger partial charge in [-0.1, -0.05) is 18.2 Å². The molecule has 0 saturated heterocycles. The third kappa shape index (κ3) is 2.90. The molecule has 0 aliphatic rings. The molecule has 12 heteroatoms. The van der Waals surface area contributed by atoms with E-state index < -0.39 is 0 Å². The first-order chi connectivity index (χ1) is 12.7. The van der Waals surface area contributed by atoms with Crippen LogP contribution in [0.1, 0.15) is 15.9 Å². The molecule has 4 aromatic rings. The highest BCUT2D eigenvalue weighted by Gasteiger charge is 2.20. The molecule has 1 aromatic carbocycles. The summed E-state index contributed by atoms with van der Waals surface area (Å²) in [5.74, 6) is 0.693. The Morgan fingerprint density at radius 2 is 2.27 bits per heavy atom. The Bertz CT molecular complexity index is 1010. The maximum atomic E-state index is 12.8. The average molecular weight is 351 g/mol. The fourth-order valence-corrected chi connectivity index (χ4v) is 2.52. The number of hydrogen-bond donors (Lipinski definition) is 2. The standard InChI is InChI=1S/C14H13N11O/c1-24(7-9-3-2-4-10(5-9)12-17-21-22-18-12)14(26)11-6-15-19-13(11)25-8-16-20-23-25/h2-6,8H,7H2,1H3,(H,15,19)(H,17,18,21,22). The summed E-state index contributed by atoms with van der Waals surface area (Å²) in [6.07, 6.45) is 2.84. The molecule has 130 valence electrons. The van der Waals surface area contributed by atoms with Crippen molar-refractivity contribution in [1.29, 1.82) is 0 Å². The number of benzene rings is 1. The van der Waals surface area contributed by atoms with Crippen molar-refractivity contribution in [2.75, 3.05) is 7.05 Å². The molecule has 0 saturated carbocycles. The fraction of sp³-hybridized carbons (Fsp3) is 0.143. The van der Waals surface area contributed by atoms with Crippen LogP contribution in [0.25, 0.3) is 17.2 Å². The molecule has 0 fully saturated rings. The third-order valence-corrected chi connectivity index (χ3v) is 3.72. The number of nitrogens with zero attached hydrogens (tertiary/aromatic N) is 9. The number of carbonyl (C=O) groups is 1. The van der Waals surface area contributed by atoms with Crippen molar-refractivity contribution in [3.05, 3.63) is 47.9 Å². The molecule has 26 heavy (non-hydrogen) atoms. The normalized spacial score (nSPS) is 10.8. The largest absolute Gasteiger partial charge is 0.337 e. The second kappa shape index (κ2) is 6.51. The van der Waals surface area contributed by atoms with Gasteiger partial charge < -0.3 is 4.90 Å². The first-order valence-corrected chi connectivity index (χ1v) is 7.57. The number of rotatable bonds is 5. The number of aromatic nitrogens is 10. The topological polar surface area (TPSA) is 147 Å². The van der Waals surface area contributed by atoms with Crippen molar-refractivity contribution >= 4 is 5.91 Å². The highest BCUT2D eigenvalue weighted by molar-refractivity contribution is 5.96. The van der Waals surface area contributed by atoms with Crippen LogP contribution in [0.2, 0.25) is 0 Å². The van der Waals surface area contributed by atoms with Gasteiger partial charge in [0.2, 0.25) is 5.82 Å². The van der Waals surface area contributed by atoms with Gasteiger partial charge >= 0.3 is 0 Å². The molecule has 1 amide bonds. The Balaban J connectivity index is 1.54. The monoisotopic (exact) mass is 351 g/mol. The number of hydrogen-bond acceptors (Lipinski definition) is 8. The zero-order chi connectivity index (χ0) is 17.9. The molecule has 0 aliphatic carbocycles. The van der Waals surface area contributed by atoms with E-state index in [2.05, 4.69) is 46.3 Å². The summed E-state index contributed by atoms with van der Waals surface area (Å²) >= 11 is 0. The molecular weight excluding hydrogens is 338 g/mol. The summed E-state index contributed by atoms with van der Waals surface area (Å²) in [4.78, 5) is 14.4. The quantitative estimate of drug-likeness (QED) is 0.504.